The maximum absolute atomic E-state index is 12.7. The number of H-pyrrole nitrogens is 1. The number of aromatic amines is 1. The van der Waals surface area contributed by atoms with Gasteiger partial charge in [0, 0.05) is 29.2 Å². The summed E-state index contributed by atoms with van der Waals surface area (Å²) in [4.78, 5) is 18.0. The molecule has 2 aromatic carbocycles. The lowest BCUT2D eigenvalue weighted by molar-refractivity contribution is 0.0940. The number of benzene rings is 2. The maximum Gasteiger partial charge on any atom is 0.178 e. The van der Waals surface area contributed by atoms with Crippen molar-refractivity contribution in [2.45, 2.75) is 20.3 Å². The summed E-state index contributed by atoms with van der Waals surface area (Å²) in [5.41, 5.74) is 4.25. The van der Waals surface area contributed by atoms with E-state index in [1.54, 1.807) is 0 Å². The van der Waals surface area contributed by atoms with Crippen molar-refractivity contribution in [1.29, 1.82) is 0 Å². The van der Waals surface area contributed by atoms with E-state index in [0.29, 0.717) is 19.7 Å². The Bertz CT molecular complexity index is 898. The molecule has 1 aromatic heterocycles. The molecule has 4 heteroatoms. The van der Waals surface area contributed by atoms with Crippen molar-refractivity contribution < 1.29 is 9.53 Å². The van der Waals surface area contributed by atoms with E-state index in [1.807, 2.05) is 61.5 Å². The molecule has 3 aromatic rings. The minimum atomic E-state index is 0.127. The number of Topliss-reactive ketones (excluding diaryl/α,β-unsaturated/α-hetero) is 1. The number of ether oxygens (including phenoxy) is 1. The largest absolute Gasteiger partial charge is 0.492 e. The smallest absolute Gasteiger partial charge is 0.178 e. The van der Waals surface area contributed by atoms with E-state index < -0.39 is 0 Å². The Morgan fingerprint density at radius 3 is 2.77 bits per heavy atom. The number of carbonyl (C=O) groups excluding carboxylic acids is 1. The molecule has 3 rings (SSSR count). The summed E-state index contributed by atoms with van der Waals surface area (Å²) in [5.74, 6) is 0.996. The Labute approximate surface area is 154 Å². The van der Waals surface area contributed by atoms with Crippen LogP contribution in [0.25, 0.3) is 10.9 Å². The Kier molecular flexibility index (Phi) is 5.74. The minimum absolute atomic E-state index is 0.127. The molecule has 0 radical (unpaired) electrons. The van der Waals surface area contributed by atoms with Crippen LogP contribution in [0.5, 0.6) is 5.75 Å². The molecule has 0 bridgehead atoms. The second-order valence-electron chi connectivity index (χ2n) is 6.72. The van der Waals surface area contributed by atoms with Gasteiger partial charge in [0.1, 0.15) is 12.4 Å². The zero-order chi connectivity index (χ0) is 18.5. The molecular weight excluding hydrogens is 324 g/mol. The first-order valence-electron chi connectivity index (χ1n) is 9.08. The van der Waals surface area contributed by atoms with Gasteiger partial charge in [-0.1, -0.05) is 37.3 Å². The van der Waals surface area contributed by atoms with Crippen LogP contribution in [0.1, 0.15) is 28.4 Å². The number of carbonyl (C=O) groups is 1. The van der Waals surface area contributed by atoms with Gasteiger partial charge in [-0.15, -0.1) is 0 Å². The molecule has 0 saturated carbocycles. The molecule has 1 N–H and O–H groups in total. The van der Waals surface area contributed by atoms with Crippen LogP contribution < -0.4 is 4.74 Å². The summed E-state index contributed by atoms with van der Waals surface area (Å²) < 4.78 is 5.77. The van der Waals surface area contributed by atoms with E-state index in [9.17, 15) is 4.79 Å². The Balaban J connectivity index is 1.57. The first-order chi connectivity index (χ1) is 12.6. The van der Waals surface area contributed by atoms with Crippen molar-refractivity contribution >= 4 is 16.7 Å². The fourth-order valence-corrected chi connectivity index (χ4v) is 3.18. The zero-order valence-corrected chi connectivity index (χ0v) is 15.7. The van der Waals surface area contributed by atoms with Crippen LogP contribution >= 0.6 is 0 Å². The Morgan fingerprint density at radius 1 is 1.19 bits per heavy atom. The lowest BCUT2D eigenvalue weighted by Gasteiger charge is -2.16. The lowest BCUT2D eigenvalue weighted by Crippen LogP contribution is -2.30. The molecule has 26 heavy (non-hydrogen) atoms. The van der Waals surface area contributed by atoms with Crippen LogP contribution in [0.3, 0.4) is 0 Å². The molecule has 0 amide bonds. The van der Waals surface area contributed by atoms with Crippen LogP contribution in [0.4, 0.5) is 0 Å². The van der Waals surface area contributed by atoms with Gasteiger partial charge in [0.2, 0.25) is 0 Å². The number of rotatable bonds is 8. The molecule has 0 atom stereocenters. The number of aryl methyl sites for hydroxylation is 2. The fraction of sp³-hybridized carbons (Fsp3) is 0.318. The monoisotopic (exact) mass is 350 g/mol. The minimum Gasteiger partial charge on any atom is -0.492 e. The quantitative estimate of drug-likeness (QED) is 0.618. The highest BCUT2D eigenvalue weighted by atomic mass is 16.5. The third-order valence-electron chi connectivity index (χ3n) is 4.63. The van der Waals surface area contributed by atoms with Gasteiger partial charge in [-0.25, -0.2) is 0 Å². The lowest BCUT2D eigenvalue weighted by atomic mass is 10.0. The molecule has 0 aliphatic carbocycles. The first-order valence-corrected chi connectivity index (χ1v) is 9.08. The van der Waals surface area contributed by atoms with E-state index in [-0.39, 0.29) is 5.78 Å². The first kappa shape index (κ1) is 18.2. The van der Waals surface area contributed by atoms with Crippen LogP contribution in [0.15, 0.2) is 48.7 Å². The zero-order valence-electron chi connectivity index (χ0n) is 15.7. The van der Waals surface area contributed by atoms with Crippen molar-refractivity contribution in [3.8, 4) is 5.75 Å². The number of nitrogens with one attached hydrogen (secondary N) is 1. The number of ketones is 1. The third-order valence-corrected chi connectivity index (χ3v) is 4.63. The topological polar surface area (TPSA) is 45.3 Å². The molecule has 0 aliphatic heterocycles. The van der Waals surface area contributed by atoms with E-state index in [1.165, 1.54) is 11.1 Å². The number of hydrogen-bond acceptors (Lipinski definition) is 3. The number of aromatic nitrogens is 1. The Morgan fingerprint density at radius 2 is 2.00 bits per heavy atom. The molecule has 1 heterocycles. The van der Waals surface area contributed by atoms with Crippen LogP contribution in [-0.2, 0) is 6.42 Å². The van der Waals surface area contributed by atoms with Crippen LogP contribution in [0, 0.1) is 6.92 Å². The van der Waals surface area contributed by atoms with Gasteiger partial charge in [0.15, 0.2) is 5.78 Å². The summed E-state index contributed by atoms with van der Waals surface area (Å²) in [6, 6.07) is 14.1. The van der Waals surface area contributed by atoms with Crippen molar-refractivity contribution in [3.63, 3.8) is 0 Å². The van der Waals surface area contributed by atoms with Gasteiger partial charge in [-0.3, -0.25) is 9.69 Å². The highest BCUT2D eigenvalue weighted by Gasteiger charge is 2.15. The average Bonchev–Trinajstić information content (AvgIpc) is 3.06. The van der Waals surface area contributed by atoms with Crippen molar-refractivity contribution in [2.75, 3.05) is 26.7 Å². The summed E-state index contributed by atoms with van der Waals surface area (Å²) in [6.45, 7) is 5.80. The van der Waals surface area contributed by atoms with Gasteiger partial charge in [-0.05, 0) is 43.7 Å². The van der Waals surface area contributed by atoms with Gasteiger partial charge in [0.05, 0.1) is 6.54 Å². The van der Waals surface area contributed by atoms with Crippen LogP contribution in [-0.4, -0.2) is 42.4 Å². The van der Waals surface area contributed by atoms with Gasteiger partial charge in [-0.2, -0.15) is 0 Å². The van der Waals surface area contributed by atoms with Crippen molar-refractivity contribution in [2.24, 2.45) is 0 Å². The summed E-state index contributed by atoms with van der Waals surface area (Å²) in [5, 5.41) is 1.01. The Hall–Kier alpha value is -2.59. The molecular formula is C22H26N2O2. The summed E-state index contributed by atoms with van der Waals surface area (Å²) in [7, 11) is 1.95. The molecule has 0 spiro atoms. The maximum atomic E-state index is 12.7. The molecule has 136 valence electrons. The van der Waals surface area contributed by atoms with E-state index >= 15 is 0 Å². The standard InChI is InChI=1S/C22H26N2O2/c1-4-17-8-6-10-19-20(14-23-22(17)19)21(25)15-24(3)11-12-26-18-9-5-7-16(2)13-18/h5-10,13-14,23H,4,11-12,15H2,1-3H3. The third kappa shape index (κ3) is 4.14. The second-order valence-corrected chi connectivity index (χ2v) is 6.72. The van der Waals surface area contributed by atoms with Crippen molar-refractivity contribution in [3.05, 3.63) is 65.4 Å². The van der Waals surface area contributed by atoms with Gasteiger partial charge < -0.3 is 9.72 Å². The van der Waals surface area contributed by atoms with E-state index in [0.717, 1.165) is 28.6 Å². The van der Waals surface area contributed by atoms with Gasteiger partial charge in [0.25, 0.3) is 0 Å². The highest BCUT2D eigenvalue weighted by molar-refractivity contribution is 6.09. The molecule has 0 unspecified atom stereocenters. The predicted octanol–water partition coefficient (Wildman–Crippen LogP) is 4.23. The predicted molar refractivity (Wildman–Crippen MR) is 106 cm³/mol. The van der Waals surface area contributed by atoms with E-state index in [4.69, 9.17) is 4.74 Å². The normalized spacial score (nSPS) is 11.2. The number of hydrogen-bond donors (Lipinski definition) is 1. The average molecular weight is 350 g/mol. The number of para-hydroxylation sites is 1. The number of nitrogens with zero attached hydrogens (tertiary/aromatic N) is 1. The number of fused-ring (bicyclic) bond motifs is 1. The highest BCUT2D eigenvalue weighted by Crippen LogP contribution is 2.22. The van der Waals surface area contributed by atoms with Gasteiger partial charge >= 0.3 is 0 Å². The van der Waals surface area contributed by atoms with Crippen molar-refractivity contribution in [1.82, 2.24) is 9.88 Å². The molecule has 0 fully saturated rings. The second kappa shape index (κ2) is 8.19. The summed E-state index contributed by atoms with van der Waals surface area (Å²) >= 11 is 0. The number of likely N-dealkylation sites (N-methyl/N-ethyl adjacent to an activating group) is 1. The molecule has 0 saturated heterocycles. The fourth-order valence-electron chi connectivity index (χ4n) is 3.18. The molecule has 4 nitrogen and oxygen atoms in total. The SMILES string of the molecule is CCc1cccc2c(C(=O)CN(C)CCOc3cccc(C)c3)c[nH]c12. The van der Waals surface area contributed by atoms with Crippen LogP contribution in [0.2, 0.25) is 0 Å². The van der Waals surface area contributed by atoms with E-state index in [2.05, 4.69) is 18.0 Å². The molecule has 0 aliphatic rings. The summed E-state index contributed by atoms with van der Waals surface area (Å²) in [6.07, 6.45) is 2.78.